The number of aryl methyl sites for hydroxylation is 2. The van der Waals surface area contributed by atoms with Crippen LogP contribution in [0.4, 0.5) is 0 Å². The number of para-hydroxylation sites is 2. The summed E-state index contributed by atoms with van der Waals surface area (Å²) in [5.41, 5.74) is 6.83. The monoisotopic (exact) mass is 427 g/mol. The van der Waals surface area contributed by atoms with Crippen LogP contribution >= 0.6 is 0 Å². The van der Waals surface area contributed by atoms with E-state index in [0.29, 0.717) is 0 Å². The molecule has 0 bridgehead atoms. The van der Waals surface area contributed by atoms with E-state index >= 15 is 0 Å². The van der Waals surface area contributed by atoms with Crippen molar-refractivity contribution in [1.82, 2.24) is 4.57 Å². The molecule has 0 N–H and O–H groups in total. The maximum atomic E-state index is 6.18. The van der Waals surface area contributed by atoms with Gasteiger partial charge in [-0.3, -0.25) is 0 Å². The summed E-state index contributed by atoms with van der Waals surface area (Å²) in [6.07, 6.45) is 0. The zero-order chi connectivity index (χ0) is 22.3. The van der Waals surface area contributed by atoms with Crippen molar-refractivity contribution in [2.45, 2.75) is 13.8 Å². The number of hydrogen-bond acceptors (Lipinski definition) is 1. The Balaban J connectivity index is 1.63. The van der Waals surface area contributed by atoms with Gasteiger partial charge in [0.05, 0.1) is 7.05 Å². The van der Waals surface area contributed by atoms with E-state index in [4.69, 9.17) is 4.42 Å². The Labute approximate surface area is 191 Å². The summed E-state index contributed by atoms with van der Waals surface area (Å²) in [6, 6.07) is 30.5. The van der Waals surface area contributed by atoms with Crippen LogP contribution in [0.5, 0.6) is 0 Å². The molecule has 0 radical (unpaired) electrons. The molecule has 5 aromatic carbocycles. The van der Waals surface area contributed by atoms with Crippen LogP contribution in [-0.4, -0.2) is 4.57 Å². The van der Waals surface area contributed by atoms with Crippen molar-refractivity contribution < 1.29 is 8.98 Å². The lowest BCUT2D eigenvalue weighted by molar-refractivity contribution is -0.652. The van der Waals surface area contributed by atoms with Gasteiger partial charge in [-0.1, -0.05) is 36.4 Å². The molecule has 0 atom stereocenters. The van der Waals surface area contributed by atoms with E-state index in [1.807, 2.05) is 12.1 Å². The van der Waals surface area contributed by atoms with Gasteiger partial charge in [-0.25, -0.2) is 4.57 Å². The summed E-state index contributed by atoms with van der Waals surface area (Å²) in [6.45, 7) is 4.37. The topological polar surface area (TPSA) is 21.9 Å². The van der Waals surface area contributed by atoms with E-state index in [1.54, 1.807) is 0 Å². The minimum Gasteiger partial charge on any atom is -0.456 e. The number of nitrogens with zero attached hydrogens (tertiary/aromatic N) is 2. The van der Waals surface area contributed by atoms with Gasteiger partial charge < -0.3 is 4.42 Å². The van der Waals surface area contributed by atoms with E-state index < -0.39 is 0 Å². The van der Waals surface area contributed by atoms with Crippen molar-refractivity contribution >= 4 is 54.5 Å². The second-order valence-electron chi connectivity index (χ2n) is 9.03. The van der Waals surface area contributed by atoms with Crippen molar-refractivity contribution in [3.63, 3.8) is 0 Å². The first-order chi connectivity index (χ1) is 16.1. The summed E-state index contributed by atoms with van der Waals surface area (Å²) in [5, 5.41) is 7.26. The quantitative estimate of drug-likeness (QED) is 0.199. The van der Waals surface area contributed by atoms with E-state index in [2.05, 4.69) is 103 Å². The fourth-order valence-electron chi connectivity index (χ4n) is 5.37. The van der Waals surface area contributed by atoms with E-state index in [9.17, 15) is 0 Å². The molecule has 7 aromatic rings. The summed E-state index contributed by atoms with van der Waals surface area (Å²) in [5.74, 6) is 1.21. The van der Waals surface area contributed by atoms with Crippen LogP contribution in [0.15, 0.2) is 89.3 Å². The highest BCUT2D eigenvalue weighted by atomic mass is 16.3. The molecule has 0 saturated heterocycles. The van der Waals surface area contributed by atoms with Crippen molar-refractivity contribution in [1.29, 1.82) is 0 Å². The third kappa shape index (κ3) is 2.48. The summed E-state index contributed by atoms with van der Waals surface area (Å²) >= 11 is 0. The highest BCUT2D eigenvalue weighted by Crippen LogP contribution is 2.36. The molecule has 0 aliphatic carbocycles. The predicted molar refractivity (Wildman–Crippen MR) is 136 cm³/mol. The lowest BCUT2D eigenvalue weighted by Gasteiger charge is -2.07. The Kier molecular flexibility index (Phi) is 3.61. The molecule has 7 rings (SSSR count). The molecule has 0 unspecified atom stereocenters. The van der Waals surface area contributed by atoms with Crippen molar-refractivity contribution in [3.8, 4) is 5.69 Å². The smallest absolute Gasteiger partial charge is 0.259 e. The van der Waals surface area contributed by atoms with E-state index in [0.717, 1.165) is 11.2 Å². The molecule has 0 spiro atoms. The fourth-order valence-corrected chi connectivity index (χ4v) is 5.37. The molecule has 2 aromatic heterocycles. The Morgan fingerprint density at radius 2 is 1.42 bits per heavy atom. The molecule has 3 nitrogen and oxygen atoms in total. The fraction of sp³-hybridized carbons (Fsp3) is 0.100. The average Bonchev–Trinajstić information content (AvgIpc) is 3.31. The SMILES string of the molecule is Cc1ccccc1-n1c(C)[n+](C)c2ccc3cc4cc5c(cc4cc3c21)oc1ccccc15. The molecular formula is C30H23N2O+. The van der Waals surface area contributed by atoms with Gasteiger partial charge in [0.15, 0.2) is 11.0 Å². The van der Waals surface area contributed by atoms with Crippen LogP contribution in [0.1, 0.15) is 11.4 Å². The van der Waals surface area contributed by atoms with Crippen molar-refractivity contribution in [2.75, 3.05) is 0 Å². The van der Waals surface area contributed by atoms with Crippen LogP contribution in [0.25, 0.3) is 60.2 Å². The van der Waals surface area contributed by atoms with Crippen LogP contribution in [0.2, 0.25) is 0 Å². The number of furan rings is 1. The first kappa shape index (κ1) is 18.5. The Morgan fingerprint density at radius 3 is 2.30 bits per heavy atom. The number of fused-ring (bicyclic) bond motifs is 7. The predicted octanol–water partition coefficient (Wildman–Crippen LogP) is 7.28. The second-order valence-corrected chi connectivity index (χ2v) is 9.03. The first-order valence-corrected chi connectivity index (χ1v) is 11.3. The zero-order valence-corrected chi connectivity index (χ0v) is 18.9. The molecule has 0 aliphatic rings. The van der Waals surface area contributed by atoms with E-state index in [1.165, 1.54) is 60.4 Å². The third-order valence-electron chi connectivity index (χ3n) is 7.17. The molecular weight excluding hydrogens is 404 g/mol. The molecule has 33 heavy (non-hydrogen) atoms. The van der Waals surface area contributed by atoms with Gasteiger partial charge in [-0.15, -0.1) is 0 Å². The van der Waals surface area contributed by atoms with Gasteiger partial charge >= 0.3 is 0 Å². The van der Waals surface area contributed by atoms with Crippen molar-refractivity contribution in [2.24, 2.45) is 7.05 Å². The Morgan fingerprint density at radius 1 is 0.667 bits per heavy atom. The van der Waals surface area contributed by atoms with Gasteiger partial charge in [0, 0.05) is 23.1 Å². The largest absolute Gasteiger partial charge is 0.456 e. The van der Waals surface area contributed by atoms with Crippen LogP contribution in [0, 0.1) is 13.8 Å². The zero-order valence-electron chi connectivity index (χ0n) is 18.9. The number of imidazole rings is 1. The average molecular weight is 428 g/mol. The standard InChI is InChI=1S/C30H23N2O/c1-18-8-4-6-10-26(18)32-19(2)31(3)27-13-12-20-14-21-16-25-23-9-5-7-11-28(23)33-29(25)17-22(21)15-24(20)30(27)32/h4-17H,1-3H3/q+1. The molecule has 0 amide bonds. The molecule has 158 valence electrons. The lowest BCUT2D eigenvalue weighted by Crippen LogP contribution is -2.30. The van der Waals surface area contributed by atoms with Crippen LogP contribution in [0.3, 0.4) is 0 Å². The number of rotatable bonds is 1. The number of benzene rings is 5. The van der Waals surface area contributed by atoms with Crippen LogP contribution < -0.4 is 4.57 Å². The lowest BCUT2D eigenvalue weighted by atomic mass is 10.0. The summed E-state index contributed by atoms with van der Waals surface area (Å²) in [7, 11) is 2.15. The van der Waals surface area contributed by atoms with E-state index in [-0.39, 0.29) is 0 Å². The minimum absolute atomic E-state index is 0.936. The minimum atomic E-state index is 0.936. The number of aromatic nitrogens is 2. The molecule has 0 aliphatic heterocycles. The summed E-state index contributed by atoms with van der Waals surface area (Å²) in [4.78, 5) is 0. The maximum absolute atomic E-state index is 6.18. The van der Waals surface area contributed by atoms with Crippen molar-refractivity contribution in [3.05, 3.63) is 96.3 Å². The van der Waals surface area contributed by atoms with Gasteiger partial charge in [-0.2, -0.15) is 4.57 Å². The van der Waals surface area contributed by atoms with Crippen LogP contribution in [-0.2, 0) is 7.05 Å². The third-order valence-corrected chi connectivity index (χ3v) is 7.17. The molecule has 2 heterocycles. The molecule has 3 heteroatoms. The maximum Gasteiger partial charge on any atom is 0.259 e. The number of hydrogen-bond donors (Lipinski definition) is 0. The first-order valence-electron chi connectivity index (χ1n) is 11.3. The second kappa shape index (κ2) is 6.46. The normalized spacial score (nSPS) is 12.1. The molecule has 0 fully saturated rings. The van der Waals surface area contributed by atoms with Gasteiger partial charge in [0.2, 0.25) is 0 Å². The Hall–Kier alpha value is -4.11. The van der Waals surface area contributed by atoms with Gasteiger partial charge in [0.25, 0.3) is 5.82 Å². The van der Waals surface area contributed by atoms with Gasteiger partial charge in [0.1, 0.15) is 16.9 Å². The summed E-state index contributed by atoms with van der Waals surface area (Å²) < 4.78 is 10.9. The molecule has 0 saturated carbocycles. The highest BCUT2D eigenvalue weighted by molar-refractivity contribution is 6.15. The van der Waals surface area contributed by atoms with Gasteiger partial charge in [-0.05, 0) is 77.2 Å². The highest BCUT2D eigenvalue weighted by Gasteiger charge is 2.24. The Bertz CT molecular complexity index is 1900.